The maximum Gasteiger partial charge on any atom is 0.0890 e. The van der Waals surface area contributed by atoms with Crippen LogP contribution in [0.2, 0.25) is 0 Å². The molecule has 4 nitrogen and oxygen atoms in total. The van der Waals surface area contributed by atoms with Gasteiger partial charge in [0.25, 0.3) is 0 Å². The van der Waals surface area contributed by atoms with Crippen molar-refractivity contribution in [3.05, 3.63) is 36.2 Å². The fourth-order valence-electron chi connectivity index (χ4n) is 2.91. The lowest BCUT2D eigenvalue weighted by Gasteiger charge is -2.38. The summed E-state index contributed by atoms with van der Waals surface area (Å²) in [6, 6.07) is 8.02. The topological polar surface area (TPSA) is 41.0 Å². The van der Waals surface area contributed by atoms with Crippen molar-refractivity contribution >= 4 is 11.0 Å². The Kier molecular flexibility index (Phi) is 4.17. The highest BCUT2D eigenvalue weighted by Gasteiger charge is 2.28. The number of nitrogens with one attached hydrogen (secondary N) is 1. The monoisotopic (exact) mass is 284 g/mol. The van der Waals surface area contributed by atoms with Crippen molar-refractivity contribution in [2.24, 2.45) is 5.41 Å². The maximum absolute atomic E-state index is 4.66. The summed E-state index contributed by atoms with van der Waals surface area (Å²) in [7, 11) is 2.21. The van der Waals surface area contributed by atoms with Crippen molar-refractivity contribution < 1.29 is 0 Å². The zero-order valence-corrected chi connectivity index (χ0v) is 13.0. The largest absolute Gasteiger partial charge is 0.311 e. The van der Waals surface area contributed by atoms with Crippen LogP contribution in [0, 0.1) is 5.41 Å². The number of nitrogens with zero attached hydrogens (tertiary/aromatic N) is 3. The van der Waals surface area contributed by atoms with Crippen molar-refractivity contribution in [2.45, 2.75) is 26.3 Å². The van der Waals surface area contributed by atoms with E-state index in [9.17, 15) is 0 Å². The number of rotatable bonds is 4. The highest BCUT2D eigenvalue weighted by molar-refractivity contribution is 5.73. The molecule has 3 rings (SSSR count). The minimum Gasteiger partial charge on any atom is -0.311 e. The van der Waals surface area contributed by atoms with E-state index in [-0.39, 0.29) is 0 Å². The first-order valence-corrected chi connectivity index (χ1v) is 7.75. The lowest BCUT2D eigenvalue weighted by atomic mass is 9.80. The minimum absolute atomic E-state index is 0.413. The molecule has 4 heteroatoms. The minimum atomic E-state index is 0.413. The fourth-order valence-corrected chi connectivity index (χ4v) is 2.91. The predicted octanol–water partition coefficient (Wildman–Crippen LogP) is 2.45. The van der Waals surface area contributed by atoms with Gasteiger partial charge in [0.2, 0.25) is 0 Å². The Morgan fingerprint density at radius 1 is 1.19 bits per heavy atom. The Morgan fingerprint density at radius 2 is 1.90 bits per heavy atom. The third-order valence-electron chi connectivity index (χ3n) is 4.55. The third-order valence-corrected chi connectivity index (χ3v) is 4.55. The quantitative estimate of drug-likeness (QED) is 0.936. The number of aromatic nitrogens is 2. The molecular formula is C17H24N4. The molecule has 0 amide bonds. The average molecular weight is 284 g/mol. The summed E-state index contributed by atoms with van der Waals surface area (Å²) in [6.45, 7) is 6.64. The second kappa shape index (κ2) is 6.08. The highest BCUT2D eigenvalue weighted by Crippen LogP contribution is 2.29. The first-order chi connectivity index (χ1) is 10.1. The summed E-state index contributed by atoms with van der Waals surface area (Å²) in [5, 5.41) is 3.57. The standard InChI is InChI=1S/C17H24N4/c1-17(7-9-21(2)10-8-17)13-18-11-14-12-19-15-5-3-4-6-16(15)20-14/h3-6,12,18H,7-11,13H2,1-2H3. The normalized spacial score (nSPS) is 19.0. The van der Waals surface area contributed by atoms with Gasteiger partial charge >= 0.3 is 0 Å². The molecule has 1 aromatic heterocycles. The summed E-state index contributed by atoms with van der Waals surface area (Å²) >= 11 is 0. The Bertz CT molecular complexity index is 603. The number of para-hydroxylation sites is 2. The summed E-state index contributed by atoms with van der Waals surface area (Å²) in [4.78, 5) is 11.5. The van der Waals surface area contributed by atoms with Gasteiger partial charge in [-0.05, 0) is 50.5 Å². The van der Waals surface area contributed by atoms with E-state index in [2.05, 4.69) is 34.2 Å². The van der Waals surface area contributed by atoms with Crippen LogP contribution in [0.1, 0.15) is 25.5 Å². The molecule has 1 N–H and O–H groups in total. The molecule has 2 aromatic rings. The van der Waals surface area contributed by atoms with Gasteiger partial charge in [0, 0.05) is 13.1 Å². The molecule has 1 aromatic carbocycles. The van der Waals surface area contributed by atoms with Crippen LogP contribution in [0.25, 0.3) is 11.0 Å². The van der Waals surface area contributed by atoms with Gasteiger partial charge in [0.1, 0.15) is 0 Å². The van der Waals surface area contributed by atoms with Crippen LogP contribution < -0.4 is 5.32 Å². The molecule has 1 saturated heterocycles. The van der Waals surface area contributed by atoms with Gasteiger partial charge in [-0.1, -0.05) is 19.1 Å². The first-order valence-electron chi connectivity index (χ1n) is 7.75. The summed E-state index contributed by atoms with van der Waals surface area (Å²) in [5.41, 5.74) is 3.37. The van der Waals surface area contributed by atoms with Crippen LogP contribution in [0.3, 0.4) is 0 Å². The molecule has 0 radical (unpaired) electrons. The molecule has 0 spiro atoms. The van der Waals surface area contributed by atoms with E-state index in [1.54, 1.807) is 0 Å². The maximum atomic E-state index is 4.66. The summed E-state index contributed by atoms with van der Waals surface area (Å²) < 4.78 is 0. The van der Waals surface area contributed by atoms with E-state index in [1.807, 2.05) is 30.5 Å². The van der Waals surface area contributed by atoms with Crippen LogP contribution in [0.5, 0.6) is 0 Å². The van der Waals surface area contributed by atoms with E-state index in [4.69, 9.17) is 0 Å². The Hall–Kier alpha value is -1.52. The van der Waals surface area contributed by atoms with Crippen LogP contribution in [0.15, 0.2) is 30.5 Å². The number of likely N-dealkylation sites (tertiary alicyclic amines) is 1. The van der Waals surface area contributed by atoms with Crippen LogP contribution >= 0.6 is 0 Å². The van der Waals surface area contributed by atoms with Crippen molar-refractivity contribution in [3.63, 3.8) is 0 Å². The Morgan fingerprint density at radius 3 is 2.67 bits per heavy atom. The van der Waals surface area contributed by atoms with Gasteiger partial charge in [-0.3, -0.25) is 4.98 Å². The molecule has 112 valence electrons. The number of hydrogen-bond acceptors (Lipinski definition) is 4. The summed E-state index contributed by atoms with van der Waals surface area (Å²) in [5.74, 6) is 0. The Balaban J connectivity index is 1.56. The SMILES string of the molecule is CN1CCC(C)(CNCc2cnc3ccccc3n2)CC1. The fraction of sp³-hybridized carbons (Fsp3) is 0.529. The Labute approximate surface area is 126 Å². The van der Waals surface area contributed by atoms with Gasteiger partial charge in [-0.15, -0.1) is 0 Å². The predicted molar refractivity (Wildman–Crippen MR) is 86.1 cm³/mol. The molecule has 1 aliphatic heterocycles. The van der Waals surface area contributed by atoms with E-state index in [1.165, 1.54) is 25.9 Å². The van der Waals surface area contributed by atoms with Crippen molar-refractivity contribution in [2.75, 3.05) is 26.7 Å². The third kappa shape index (κ3) is 3.57. The molecule has 0 bridgehead atoms. The molecular weight excluding hydrogens is 260 g/mol. The molecule has 1 aliphatic rings. The molecule has 2 heterocycles. The lowest BCUT2D eigenvalue weighted by molar-refractivity contribution is 0.136. The van der Waals surface area contributed by atoms with E-state index < -0.39 is 0 Å². The second-order valence-corrected chi connectivity index (χ2v) is 6.57. The zero-order valence-electron chi connectivity index (χ0n) is 13.0. The smallest absolute Gasteiger partial charge is 0.0890 e. The number of fused-ring (bicyclic) bond motifs is 1. The van der Waals surface area contributed by atoms with Crippen LogP contribution in [0.4, 0.5) is 0 Å². The molecule has 0 saturated carbocycles. The summed E-state index contributed by atoms with van der Waals surface area (Å²) in [6.07, 6.45) is 4.41. The van der Waals surface area contributed by atoms with Gasteiger partial charge in [-0.2, -0.15) is 0 Å². The number of piperidine rings is 1. The highest BCUT2D eigenvalue weighted by atomic mass is 15.1. The first kappa shape index (κ1) is 14.4. The second-order valence-electron chi connectivity index (χ2n) is 6.57. The molecule has 1 fully saturated rings. The molecule has 21 heavy (non-hydrogen) atoms. The van der Waals surface area contributed by atoms with E-state index >= 15 is 0 Å². The lowest BCUT2D eigenvalue weighted by Crippen LogP contribution is -2.41. The van der Waals surface area contributed by atoms with Crippen LogP contribution in [-0.2, 0) is 6.54 Å². The van der Waals surface area contributed by atoms with Crippen molar-refractivity contribution in [3.8, 4) is 0 Å². The van der Waals surface area contributed by atoms with Gasteiger partial charge < -0.3 is 10.2 Å². The molecule has 0 aliphatic carbocycles. The van der Waals surface area contributed by atoms with Gasteiger partial charge in [-0.25, -0.2) is 4.98 Å². The van der Waals surface area contributed by atoms with E-state index in [0.29, 0.717) is 5.41 Å². The zero-order chi connectivity index (χ0) is 14.7. The van der Waals surface area contributed by atoms with Crippen LogP contribution in [-0.4, -0.2) is 41.5 Å². The van der Waals surface area contributed by atoms with Crippen molar-refractivity contribution in [1.82, 2.24) is 20.2 Å². The number of hydrogen-bond donors (Lipinski definition) is 1. The van der Waals surface area contributed by atoms with Gasteiger partial charge in [0.05, 0.1) is 22.9 Å². The van der Waals surface area contributed by atoms with Gasteiger partial charge in [0.15, 0.2) is 0 Å². The molecule has 0 atom stereocenters. The van der Waals surface area contributed by atoms with Crippen molar-refractivity contribution in [1.29, 1.82) is 0 Å². The number of benzene rings is 1. The van der Waals surface area contributed by atoms with E-state index in [0.717, 1.165) is 29.8 Å². The average Bonchev–Trinajstić information content (AvgIpc) is 2.50. The molecule has 0 unspecified atom stereocenters.